The van der Waals surface area contributed by atoms with E-state index in [1.54, 1.807) is 41.7 Å². The van der Waals surface area contributed by atoms with E-state index in [1.165, 1.54) is 16.7 Å². The van der Waals surface area contributed by atoms with Gasteiger partial charge in [0.05, 0.1) is 16.2 Å². The smallest absolute Gasteiger partial charge is 0.406 e. The van der Waals surface area contributed by atoms with E-state index in [1.807, 2.05) is 0 Å². The van der Waals surface area contributed by atoms with Crippen molar-refractivity contribution in [1.82, 2.24) is 19.2 Å². The molecule has 1 amide bonds. The number of nitrogens with zero attached hydrogens (tertiary/aromatic N) is 4. The van der Waals surface area contributed by atoms with Gasteiger partial charge in [0.15, 0.2) is 5.16 Å². The van der Waals surface area contributed by atoms with Crippen molar-refractivity contribution in [2.75, 3.05) is 5.32 Å². The molecule has 2 aromatic carbocycles. The Morgan fingerprint density at radius 1 is 1.21 bits per heavy atom. The monoisotopic (exact) mass is 489 g/mol. The molecule has 4 aromatic rings. The molecule has 2 heterocycles. The number of rotatable bonds is 7. The SMILES string of the molecule is C=CCn1c(=O)c2ccccc2n2c(SC(C)C(=O)Nc3ccc(OC(F)(F)F)cc3)nnc12. The molecule has 2 aromatic heterocycles. The minimum atomic E-state index is -4.79. The number of amides is 1. The standard InChI is InChI=1S/C22H18F3N5O3S/c1-3-12-29-19(32)16-6-4-5-7-17(16)30-20(29)27-28-21(30)34-13(2)18(31)26-14-8-10-15(11-9-14)33-22(23,24)25/h3-11,13H,1,12H2,2H3,(H,26,31). The number of allylic oxidation sites excluding steroid dienone is 1. The molecule has 1 N–H and O–H groups in total. The van der Waals surface area contributed by atoms with Crippen LogP contribution >= 0.6 is 11.8 Å². The summed E-state index contributed by atoms with van der Waals surface area (Å²) in [4.78, 5) is 25.6. The van der Waals surface area contributed by atoms with E-state index in [-0.39, 0.29) is 17.9 Å². The van der Waals surface area contributed by atoms with Crippen LogP contribution in [0.25, 0.3) is 16.7 Å². The number of fused-ring (bicyclic) bond motifs is 3. The highest BCUT2D eigenvalue weighted by molar-refractivity contribution is 8.00. The normalized spacial score (nSPS) is 12.6. The third kappa shape index (κ3) is 4.76. The second-order valence-corrected chi connectivity index (χ2v) is 8.47. The molecule has 34 heavy (non-hydrogen) atoms. The van der Waals surface area contributed by atoms with Crippen LogP contribution in [0.5, 0.6) is 5.75 Å². The molecule has 1 unspecified atom stereocenters. The largest absolute Gasteiger partial charge is 0.573 e. The number of thioether (sulfide) groups is 1. The molecule has 8 nitrogen and oxygen atoms in total. The first-order chi connectivity index (χ1) is 16.2. The Kier molecular flexibility index (Phi) is 6.33. The Labute approximate surface area is 195 Å². The zero-order valence-corrected chi connectivity index (χ0v) is 18.6. The quantitative estimate of drug-likeness (QED) is 0.308. The van der Waals surface area contributed by atoms with Gasteiger partial charge in [-0.15, -0.1) is 29.9 Å². The van der Waals surface area contributed by atoms with Gasteiger partial charge in [-0.2, -0.15) is 0 Å². The highest BCUT2D eigenvalue weighted by Gasteiger charge is 2.31. The predicted molar refractivity (Wildman–Crippen MR) is 122 cm³/mol. The second kappa shape index (κ2) is 9.21. The van der Waals surface area contributed by atoms with Gasteiger partial charge < -0.3 is 10.1 Å². The lowest BCUT2D eigenvalue weighted by Gasteiger charge is -2.13. The molecule has 0 aliphatic rings. The van der Waals surface area contributed by atoms with Gasteiger partial charge in [0.2, 0.25) is 11.7 Å². The van der Waals surface area contributed by atoms with Crippen molar-refractivity contribution in [2.24, 2.45) is 0 Å². The third-order valence-corrected chi connectivity index (χ3v) is 5.84. The number of halogens is 3. The Morgan fingerprint density at radius 2 is 1.91 bits per heavy atom. The molecule has 1 atom stereocenters. The number of benzene rings is 2. The average molecular weight is 489 g/mol. The molecule has 176 valence electrons. The van der Waals surface area contributed by atoms with Crippen molar-refractivity contribution >= 4 is 40.0 Å². The molecule has 12 heteroatoms. The van der Waals surface area contributed by atoms with Crippen molar-refractivity contribution in [3.05, 3.63) is 71.5 Å². The Morgan fingerprint density at radius 3 is 2.59 bits per heavy atom. The van der Waals surface area contributed by atoms with Crippen LogP contribution in [0.3, 0.4) is 0 Å². The number of alkyl halides is 3. The van der Waals surface area contributed by atoms with E-state index < -0.39 is 17.5 Å². The predicted octanol–water partition coefficient (Wildman–Crippen LogP) is 4.25. The van der Waals surface area contributed by atoms with Gasteiger partial charge in [-0.25, -0.2) is 0 Å². The van der Waals surface area contributed by atoms with Gasteiger partial charge in [-0.1, -0.05) is 30.0 Å². The number of nitrogens with one attached hydrogen (secondary N) is 1. The summed E-state index contributed by atoms with van der Waals surface area (Å²) < 4.78 is 43.9. The van der Waals surface area contributed by atoms with E-state index in [9.17, 15) is 22.8 Å². The fourth-order valence-electron chi connectivity index (χ4n) is 3.30. The summed E-state index contributed by atoms with van der Waals surface area (Å²) in [5.41, 5.74) is 0.683. The van der Waals surface area contributed by atoms with Crippen molar-refractivity contribution in [2.45, 2.75) is 30.2 Å². The second-order valence-electron chi connectivity index (χ2n) is 7.16. The van der Waals surface area contributed by atoms with Gasteiger partial charge in [0, 0.05) is 12.2 Å². The number of aromatic nitrogens is 4. The van der Waals surface area contributed by atoms with Crippen LogP contribution in [0, 0.1) is 0 Å². The average Bonchev–Trinajstić information content (AvgIpc) is 3.20. The van der Waals surface area contributed by atoms with Crippen LogP contribution in [-0.4, -0.2) is 36.7 Å². The summed E-state index contributed by atoms with van der Waals surface area (Å²) >= 11 is 1.13. The van der Waals surface area contributed by atoms with Crippen LogP contribution in [0.1, 0.15) is 6.92 Å². The Hall–Kier alpha value is -3.80. The van der Waals surface area contributed by atoms with Crippen LogP contribution in [0.15, 0.2) is 71.1 Å². The van der Waals surface area contributed by atoms with E-state index in [0.29, 0.717) is 27.5 Å². The van der Waals surface area contributed by atoms with Gasteiger partial charge in [-0.05, 0) is 43.3 Å². The molecule has 0 aliphatic heterocycles. The maximum Gasteiger partial charge on any atom is 0.573 e. The molecular formula is C22H18F3N5O3S. The van der Waals surface area contributed by atoms with Crippen LogP contribution in [-0.2, 0) is 11.3 Å². The number of carbonyl (C=O) groups is 1. The number of hydrogen-bond donors (Lipinski definition) is 1. The topological polar surface area (TPSA) is 90.5 Å². The molecule has 0 saturated carbocycles. The fraction of sp³-hybridized carbons (Fsp3) is 0.182. The highest BCUT2D eigenvalue weighted by atomic mass is 32.2. The molecule has 0 radical (unpaired) electrons. The fourth-order valence-corrected chi connectivity index (χ4v) is 4.15. The molecule has 0 aliphatic carbocycles. The number of hydrogen-bond acceptors (Lipinski definition) is 6. The van der Waals surface area contributed by atoms with Crippen molar-refractivity contribution in [3.8, 4) is 5.75 Å². The van der Waals surface area contributed by atoms with Crippen molar-refractivity contribution in [1.29, 1.82) is 0 Å². The number of anilines is 1. The molecule has 0 fully saturated rings. The minimum Gasteiger partial charge on any atom is -0.406 e. The van der Waals surface area contributed by atoms with Crippen molar-refractivity contribution in [3.63, 3.8) is 0 Å². The maximum atomic E-state index is 12.9. The molecule has 4 rings (SSSR count). The molecule has 0 spiro atoms. The lowest BCUT2D eigenvalue weighted by atomic mass is 10.2. The lowest BCUT2D eigenvalue weighted by Crippen LogP contribution is -2.24. The number of para-hydroxylation sites is 1. The number of carbonyl (C=O) groups excluding carboxylic acids is 1. The minimum absolute atomic E-state index is 0.226. The molecule has 0 saturated heterocycles. The van der Waals surface area contributed by atoms with E-state index in [0.717, 1.165) is 23.9 Å². The van der Waals surface area contributed by atoms with E-state index >= 15 is 0 Å². The Bertz CT molecular complexity index is 1430. The van der Waals surface area contributed by atoms with E-state index in [4.69, 9.17) is 0 Å². The zero-order chi connectivity index (χ0) is 24.5. The summed E-state index contributed by atoms with van der Waals surface area (Å²) in [6.07, 6.45) is -3.21. The lowest BCUT2D eigenvalue weighted by molar-refractivity contribution is -0.274. The zero-order valence-electron chi connectivity index (χ0n) is 17.7. The molecular weight excluding hydrogens is 471 g/mol. The van der Waals surface area contributed by atoms with Crippen LogP contribution in [0.4, 0.5) is 18.9 Å². The van der Waals surface area contributed by atoms with Gasteiger partial charge in [0.25, 0.3) is 5.56 Å². The molecule has 0 bridgehead atoms. The Balaban J connectivity index is 1.58. The summed E-state index contributed by atoms with van der Waals surface area (Å²) in [5.74, 6) is -0.464. The highest BCUT2D eigenvalue weighted by Crippen LogP contribution is 2.27. The van der Waals surface area contributed by atoms with Gasteiger partial charge in [-0.3, -0.25) is 18.6 Å². The van der Waals surface area contributed by atoms with Crippen LogP contribution < -0.4 is 15.6 Å². The van der Waals surface area contributed by atoms with Crippen molar-refractivity contribution < 1.29 is 22.7 Å². The van der Waals surface area contributed by atoms with Crippen LogP contribution in [0.2, 0.25) is 0 Å². The first-order valence-corrected chi connectivity index (χ1v) is 10.9. The van der Waals surface area contributed by atoms with Gasteiger partial charge >= 0.3 is 6.36 Å². The first-order valence-electron chi connectivity index (χ1n) is 9.99. The summed E-state index contributed by atoms with van der Waals surface area (Å²) in [7, 11) is 0. The first kappa shape index (κ1) is 23.4. The summed E-state index contributed by atoms with van der Waals surface area (Å²) in [6, 6.07) is 11.9. The van der Waals surface area contributed by atoms with Gasteiger partial charge in [0.1, 0.15) is 5.75 Å². The maximum absolute atomic E-state index is 12.9. The summed E-state index contributed by atoms with van der Waals surface area (Å²) in [6.45, 7) is 5.58. The number of ether oxygens (including phenoxy) is 1. The summed E-state index contributed by atoms with van der Waals surface area (Å²) in [5, 5.41) is 11.2. The van der Waals surface area contributed by atoms with E-state index in [2.05, 4.69) is 26.8 Å². The third-order valence-electron chi connectivity index (χ3n) is 4.80.